The quantitative estimate of drug-likeness (QED) is 0.271. The van der Waals surface area contributed by atoms with Gasteiger partial charge in [-0.1, -0.05) is 0 Å². The molecule has 0 atom stereocenters. The third-order valence-corrected chi connectivity index (χ3v) is 0.809. The van der Waals surface area contributed by atoms with Crippen LogP contribution in [0.5, 0.6) is 0 Å². The van der Waals surface area contributed by atoms with E-state index >= 15 is 0 Å². The van der Waals surface area contributed by atoms with Crippen LogP contribution in [0.3, 0.4) is 0 Å². The first kappa shape index (κ1) is 11.1. The van der Waals surface area contributed by atoms with Gasteiger partial charge in [-0.25, -0.2) is 0 Å². The number of halogens is 1. The predicted octanol–water partition coefficient (Wildman–Crippen LogP) is -1.89. The molecule has 1 N–H and O–H groups in total. The monoisotopic (exact) mass is 132 g/mol. The summed E-state index contributed by atoms with van der Waals surface area (Å²) in [4.78, 5) is 0. The van der Waals surface area contributed by atoms with Gasteiger partial charge in [0.2, 0.25) is 0 Å². The molecule has 0 aromatic carbocycles. The van der Waals surface area contributed by atoms with Crippen LogP contribution in [0.1, 0.15) is 14.3 Å². The van der Waals surface area contributed by atoms with Gasteiger partial charge in [-0.3, -0.25) is 0 Å². The third-order valence-electron chi connectivity index (χ3n) is 0.542. The number of aliphatic hydroxyl groups is 1. The van der Waals surface area contributed by atoms with Crippen molar-refractivity contribution in [2.24, 2.45) is 0 Å². The Balaban J connectivity index is -0.000000125. The molecular weight excluding hydrogens is 122 g/mol. The van der Waals surface area contributed by atoms with Crippen LogP contribution in [0.15, 0.2) is 0 Å². The van der Waals surface area contributed by atoms with E-state index in [1.165, 1.54) is 0 Å². The van der Waals surface area contributed by atoms with Crippen molar-refractivity contribution in [2.45, 2.75) is 12.8 Å². The van der Waals surface area contributed by atoms with Gasteiger partial charge in [-0.15, -0.1) is 11.6 Å². The van der Waals surface area contributed by atoms with E-state index in [4.69, 9.17) is 16.7 Å². The van der Waals surface area contributed by atoms with Gasteiger partial charge in [0, 0.05) is 12.5 Å². The first-order valence-corrected chi connectivity index (χ1v) is 2.62. The average Bonchev–Trinajstić information content (AvgIpc) is 1.61. The van der Waals surface area contributed by atoms with Crippen LogP contribution in [-0.4, -0.2) is 17.6 Å². The first-order valence-electron chi connectivity index (χ1n) is 2.08. The van der Waals surface area contributed by atoms with Gasteiger partial charge in [0.15, 0.2) is 0 Å². The minimum absolute atomic E-state index is 0. The van der Waals surface area contributed by atoms with E-state index in [2.05, 4.69) is 0 Å². The fraction of sp³-hybridized carbons (Fsp3) is 1.00. The molecule has 0 spiro atoms. The third kappa shape index (κ3) is 11.1. The van der Waals surface area contributed by atoms with Crippen molar-refractivity contribution in [3.63, 3.8) is 0 Å². The van der Waals surface area contributed by atoms with Gasteiger partial charge >= 0.3 is 29.6 Å². The zero-order valence-electron chi connectivity index (χ0n) is 5.65. The largest absolute Gasteiger partial charge is 1.00 e. The number of hydrogen-bond acceptors (Lipinski definition) is 1. The van der Waals surface area contributed by atoms with Crippen LogP contribution < -0.4 is 29.6 Å². The molecule has 0 rings (SSSR count). The maximum atomic E-state index is 8.14. The van der Waals surface area contributed by atoms with Gasteiger partial charge in [-0.2, -0.15) is 0 Å². The van der Waals surface area contributed by atoms with Crippen LogP contribution in [0.2, 0.25) is 0 Å². The van der Waals surface area contributed by atoms with E-state index in [0.29, 0.717) is 5.88 Å². The van der Waals surface area contributed by atoms with Crippen LogP contribution in [0, 0.1) is 0 Å². The fourth-order valence-electron chi connectivity index (χ4n) is 0.206. The summed E-state index contributed by atoms with van der Waals surface area (Å²) in [5.74, 6) is 0.667. The second-order valence-electron chi connectivity index (χ2n) is 1.12. The molecule has 0 amide bonds. The second-order valence-corrected chi connectivity index (χ2v) is 1.50. The number of aliphatic hydroxyl groups excluding tert-OH is 1. The molecule has 3 heteroatoms. The van der Waals surface area contributed by atoms with Gasteiger partial charge < -0.3 is 6.53 Å². The van der Waals surface area contributed by atoms with E-state index in [9.17, 15) is 0 Å². The van der Waals surface area contributed by atoms with Crippen molar-refractivity contribution in [2.75, 3.05) is 12.5 Å². The smallest absolute Gasteiger partial charge is 1.00 e. The molecule has 0 aliphatic heterocycles. The van der Waals surface area contributed by atoms with Crippen molar-refractivity contribution in [1.82, 2.24) is 0 Å². The summed E-state index contributed by atoms with van der Waals surface area (Å²) in [5.41, 5.74) is 0. The summed E-state index contributed by atoms with van der Waals surface area (Å²) in [5, 5.41) is 8.14. The van der Waals surface area contributed by atoms with Crippen molar-refractivity contribution in [3.05, 3.63) is 0 Å². The summed E-state index contributed by atoms with van der Waals surface area (Å²) in [7, 11) is 0. The van der Waals surface area contributed by atoms with Crippen molar-refractivity contribution in [1.29, 1.82) is 0 Å². The van der Waals surface area contributed by atoms with Gasteiger partial charge in [-0.05, 0) is 12.8 Å². The normalized spacial score (nSPS) is 7.71. The van der Waals surface area contributed by atoms with Crippen molar-refractivity contribution >= 4 is 11.6 Å². The van der Waals surface area contributed by atoms with Gasteiger partial charge in [0.1, 0.15) is 0 Å². The Kier molecular flexibility index (Phi) is 16.3. The average molecular weight is 133 g/mol. The molecule has 40 valence electrons. The Morgan fingerprint density at radius 3 is 2.14 bits per heavy atom. The predicted molar refractivity (Wildman–Crippen MR) is 28.2 cm³/mol. The maximum Gasteiger partial charge on any atom is 1.00 e. The molecule has 7 heavy (non-hydrogen) atoms. The molecule has 0 saturated heterocycles. The van der Waals surface area contributed by atoms with Crippen LogP contribution in [0.4, 0.5) is 0 Å². The summed E-state index contributed by atoms with van der Waals surface area (Å²) >= 11 is 5.27. The topological polar surface area (TPSA) is 20.2 Å². The first-order chi connectivity index (χ1) is 2.91. The maximum absolute atomic E-state index is 8.14. The Morgan fingerprint density at radius 1 is 1.43 bits per heavy atom. The zero-order valence-corrected chi connectivity index (χ0v) is 7.41. The Morgan fingerprint density at radius 2 is 2.00 bits per heavy atom. The van der Waals surface area contributed by atoms with Gasteiger partial charge in [0.25, 0.3) is 0 Å². The van der Waals surface area contributed by atoms with E-state index in [0.717, 1.165) is 12.8 Å². The molecule has 0 fully saturated rings. The summed E-state index contributed by atoms with van der Waals surface area (Å²) in [6.07, 6.45) is 1.77. The van der Waals surface area contributed by atoms with Crippen LogP contribution >= 0.6 is 11.6 Å². The molecule has 0 radical (unpaired) electrons. The SMILES string of the molecule is OCCCCCl.[H-].[Na+]. The second kappa shape index (κ2) is 10.3. The molecule has 0 saturated carbocycles. The number of alkyl halides is 1. The molecule has 0 aromatic heterocycles. The van der Waals surface area contributed by atoms with Gasteiger partial charge in [0.05, 0.1) is 0 Å². The Hall–Kier alpha value is 1.25. The molecular formula is C4H10ClNaO. The van der Waals surface area contributed by atoms with Crippen LogP contribution in [0.25, 0.3) is 0 Å². The standard InChI is InChI=1S/C4H9ClO.Na.H/c5-3-1-2-4-6;;/h6H,1-4H2;;/q;+1;-1. The molecule has 1 nitrogen and oxygen atoms in total. The summed E-state index contributed by atoms with van der Waals surface area (Å²) in [6.45, 7) is 0.271. The minimum atomic E-state index is 0. The number of hydrogen-bond donors (Lipinski definition) is 1. The minimum Gasteiger partial charge on any atom is -1.00 e. The zero-order chi connectivity index (χ0) is 4.83. The molecule has 0 unspecified atom stereocenters. The number of rotatable bonds is 3. The number of unbranched alkanes of at least 4 members (excludes halogenated alkanes) is 1. The van der Waals surface area contributed by atoms with E-state index in [1.807, 2.05) is 0 Å². The van der Waals surface area contributed by atoms with Crippen molar-refractivity contribution < 1.29 is 36.1 Å². The van der Waals surface area contributed by atoms with E-state index < -0.39 is 0 Å². The molecule has 0 bridgehead atoms. The van der Waals surface area contributed by atoms with E-state index in [-0.39, 0.29) is 37.6 Å². The van der Waals surface area contributed by atoms with Crippen molar-refractivity contribution in [3.8, 4) is 0 Å². The molecule has 0 aromatic rings. The molecule has 0 aliphatic rings. The fourth-order valence-corrected chi connectivity index (χ4v) is 0.395. The summed E-state index contributed by atoms with van der Waals surface area (Å²) in [6, 6.07) is 0. The molecule has 0 aliphatic carbocycles. The summed E-state index contributed by atoms with van der Waals surface area (Å²) < 4.78 is 0. The Bertz CT molecular complexity index is 28.0. The van der Waals surface area contributed by atoms with Crippen LogP contribution in [-0.2, 0) is 0 Å². The Labute approximate surface area is 72.8 Å². The van der Waals surface area contributed by atoms with E-state index in [1.54, 1.807) is 0 Å². The molecule has 0 heterocycles.